The molecule has 0 aliphatic carbocycles. The molecule has 0 saturated heterocycles. The van der Waals surface area contributed by atoms with Gasteiger partial charge >= 0.3 is 0 Å². The second kappa shape index (κ2) is 3.44. The zero-order valence-electron chi connectivity index (χ0n) is 8.88. The Labute approximate surface area is 92.1 Å². The van der Waals surface area contributed by atoms with Crippen molar-refractivity contribution >= 4 is 10.9 Å². The molecule has 3 rings (SSSR count). The highest BCUT2D eigenvalue weighted by Gasteiger charge is 2.04. The predicted octanol–water partition coefficient (Wildman–Crippen LogP) is 1.84. The van der Waals surface area contributed by atoms with E-state index in [1.807, 2.05) is 23.1 Å². The van der Waals surface area contributed by atoms with Crippen LogP contribution in [0, 0.1) is 0 Å². The van der Waals surface area contributed by atoms with Crippen LogP contribution in [0.5, 0.6) is 0 Å². The summed E-state index contributed by atoms with van der Waals surface area (Å²) >= 11 is 0. The summed E-state index contributed by atoms with van der Waals surface area (Å²) in [5.41, 5.74) is 2.91. The Morgan fingerprint density at radius 1 is 1.31 bits per heavy atom. The van der Waals surface area contributed by atoms with Gasteiger partial charge in [0.1, 0.15) is 0 Å². The van der Waals surface area contributed by atoms with Gasteiger partial charge in [-0.25, -0.2) is 0 Å². The van der Waals surface area contributed by atoms with Gasteiger partial charge in [-0.2, -0.15) is 10.2 Å². The van der Waals surface area contributed by atoms with E-state index >= 15 is 0 Å². The standard InChI is InChI=1S/C11H11N5/c1-2-16-7-9(5-14-16)10-3-8-4-13-15-11(8)6-12-10/h3-7H,2H2,1H3,(H,13,15). The van der Waals surface area contributed by atoms with E-state index in [2.05, 4.69) is 27.2 Å². The number of aryl methyl sites for hydroxylation is 1. The predicted molar refractivity (Wildman–Crippen MR) is 60.8 cm³/mol. The van der Waals surface area contributed by atoms with Crippen molar-refractivity contribution in [3.63, 3.8) is 0 Å². The second-order valence-corrected chi connectivity index (χ2v) is 3.61. The van der Waals surface area contributed by atoms with E-state index in [0.717, 1.165) is 28.7 Å². The molecule has 5 nitrogen and oxygen atoms in total. The van der Waals surface area contributed by atoms with Crippen molar-refractivity contribution in [2.45, 2.75) is 13.5 Å². The lowest BCUT2D eigenvalue weighted by Gasteiger charge is -1.96. The molecular formula is C11H11N5. The summed E-state index contributed by atoms with van der Waals surface area (Å²) < 4.78 is 1.89. The molecule has 0 radical (unpaired) electrons. The molecule has 80 valence electrons. The lowest BCUT2D eigenvalue weighted by Crippen LogP contribution is -1.92. The van der Waals surface area contributed by atoms with Crippen molar-refractivity contribution in [1.29, 1.82) is 0 Å². The van der Waals surface area contributed by atoms with E-state index in [1.54, 1.807) is 12.4 Å². The highest BCUT2D eigenvalue weighted by Crippen LogP contribution is 2.19. The molecule has 0 amide bonds. The maximum Gasteiger partial charge on any atom is 0.0833 e. The fraction of sp³-hybridized carbons (Fsp3) is 0.182. The van der Waals surface area contributed by atoms with Gasteiger partial charge in [-0.15, -0.1) is 0 Å². The molecular weight excluding hydrogens is 202 g/mol. The summed E-state index contributed by atoms with van der Waals surface area (Å²) in [5.74, 6) is 0. The fourth-order valence-electron chi connectivity index (χ4n) is 1.67. The van der Waals surface area contributed by atoms with Gasteiger partial charge in [0.15, 0.2) is 0 Å². The van der Waals surface area contributed by atoms with Crippen LogP contribution in [0.25, 0.3) is 22.2 Å². The first kappa shape index (κ1) is 9.08. The van der Waals surface area contributed by atoms with Crippen LogP contribution in [0.4, 0.5) is 0 Å². The monoisotopic (exact) mass is 213 g/mol. The van der Waals surface area contributed by atoms with Gasteiger partial charge in [-0.3, -0.25) is 14.8 Å². The average Bonchev–Trinajstić information content (AvgIpc) is 2.96. The van der Waals surface area contributed by atoms with Gasteiger partial charge < -0.3 is 0 Å². The molecule has 0 unspecified atom stereocenters. The molecule has 0 saturated carbocycles. The number of pyridine rings is 1. The average molecular weight is 213 g/mol. The van der Waals surface area contributed by atoms with E-state index in [-0.39, 0.29) is 0 Å². The Hall–Kier alpha value is -2.17. The molecule has 0 fully saturated rings. The van der Waals surface area contributed by atoms with Gasteiger partial charge in [0.25, 0.3) is 0 Å². The first-order valence-electron chi connectivity index (χ1n) is 5.19. The Kier molecular flexibility index (Phi) is 1.96. The van der Waals surface area contributed by atoms with Gasteiger partial charge in [0.2, 0.25) is 0 Å². The molecule has 0 aliphatic rings. The topological polar surface area (TPSA) is 59.4 Å². The SMILES string of the molecule is CCn1cc(-c2cc3cn[nH]c3cn2)cn1. The number of hydrogen-bond acceptors (Lipinski definition) is 3. The fourth-order valence-corrected chi connectivity index (χ4v) is 1.67. The summed E-state index contributed by atoms with van der Waals surface area (Å²) in [5, 5.41) is 12.1. The van der Waals surface area contributed by atoms with Crippen LogP contribution in [0.2, 0.25) is 0 Å². The summed E-state index contributed by atoms with van der Waals surface area (Å²) in [6.45, 7) is 2.93. The normalized spacial score (nSPS) is 11.1. The smallest absolute Gasteiger partial charge is 0.0833 e. The Morgan fingerprint density at radius 3 is 3.06 bits per heavy atom. The van der Waals surface area contributed by atoms with Gasteiger partial charge in [-0.05, 0) is 13.0 Å². The second-order valence-electron chi connectivity index (χ2n) is 3.61. The number of aromatic amines is 1. The molecule has 0 spiro atoms. The minimum Gasteiger partial charge on any atom is -0.276 e. The first-order chi connectivity index (χ1) is 7.86. The number of rotatable bonds is 2. The molecule has 3 aromatic rings. The maximum atomic E-state index is 4.37. The number of aromatic nitrogens is 5. The van der Waals surface area contributed by atoms with Crippen LogP contribution >= 0.6 is 0 Å². The minimum atomic E-state index is 0.869. The van der Waals surface area contributed by atoms with Gasteiger partial charge in [0, 0.05) is 23.7 Å². The third kappa shape index (κ3) is 1.37. The van der Waals surface area contributed by atoms with Crippen LogP contribution in [0.15, 0.2) is 30.9 Å². The Bertz CT molecular complexity index is 622. The third-order valence-electron chi connectivity index (χ3n) is 2.58. The molecule has 0 aromatic carbocycles. The molecule has 5 heteroatoms. The summed E-state index contributed by atoms with van der Waals surface area (Å²) in [6.07, 6.45) is 7.41. The van der Waals surface area contributed by atoms with Crippen LogP contribution in [-0.4, -0.2) is 25.0 Å². The van der Waals surface area contributed by atoms with Crippen molar-refractivity contribution in [2.24, 2.45) is 0 Å². The highest BCUT2D eigenvalue weighted by atomic mass is 15.3. The zero-order valence-corrected chi connectivity index (χ0v) is 8.88. The Morgan fingerprint density at radius 2 is 2.25 bits per heavy atom. The lowest BCUT2D eigenvalue weighted by molar-refractivity contribution is 0.660. The van der Waals surface area contributed by atoms with Crippen LogP contribution in [-0.2, 0) is 6.54 Å². The summed E-state index contributed by atoms with van der Waals surface area (Å²) in [4.78, 5) is 4.37. The molecule has 0 aliphatic heterocycles. The van der Waals surface area contributed by atoms with E-state index < -0.39 is 0 Å². The molecule has 0 bridgehead atoms. The van der Waals surface area contributed by atoms with Crippen molar-refractivity contribution < 1.29 is 0 Å². The number of fused-ring (bicyclic) bond motifs is 1. The quantitative estimate of drug-likeness (QED) is 0.706. The third-order valence-corrected chi connectivity index (χ3v) is 2.58. The number of H-pyrrole nitrogens is 1. The summed E-state index contributed by atoms with van der Waals surface area (Å²) in [6, 6.07) is 2.01. The highest BCUT2D eigenvalue weighted by molar-refractivity contribution is 5.81. The molecule has 0 atom stereocenters. The van der Waals surface area contributed by atoms with E-state index in [0.29, 0.717) is 0 Å². The van der Waals surface area contributed by atoms with E-state index in [4.69, 9.17) is 0 Å². The minimum absolute atomic E-state index is 0.869. The zero-order chi connectivity index (χ0) is 11.0. The summed E-state index contributed by atoms with van der Waals surface area (Å²) in [7, 11) is 0. The molecule has 16 heavy (non-hydrogen) atoms. The van der Waals surface area contributed by atoms with Crippen LogP contribution in [0.1, 0.15) is 6.92 Å². The van der Waals surface area contributed by atoms with Crippen molar-refractivity contribution in [3.05, 3.63) is 30.9 Å². The number of hydrogen-bond donors (Lipinski definition) is 1. The molecule has 1 N–H and O–H groups in total. The first-order valence-corrected chi connectivity index (χ1v) is 5.19. The van der Waals surface area contributed by atoms with Crippen molar-refractivity contribution in [2.75, 3.05) is 0 Å². The molecule has 3 heterocycles. The van der Waals surface area contributed by atoms with Crippen molar-refractivity contribution in [3.8, 4) is 11.3 Å². The maximum absolute atomic E-state index is 4.37. The van der Waals surface area contributed by atoms with Crippen LogP contribution in [0.3, 0.4) is 0 Å². The van der Waals surface area contributed by atoms with E-state index in [1.165, 1.54) is 0 Å². The number of nitrogens with zero attached hydrogens (tertiary/aromatic N) is 4. The van der Waals surface area contributed by atoms with E-state index in [9.17, 15) is 0 Å². The van der Waals surface area contributed by atoms with Crippen molar-refractivity contribution in [1.82, 2.24) is 25.0 Å². The molecule has 3 aromatic heterocycles. The lowest BCUT2D eigenvalue weighted by atomic mass is 10.2. The van der Waals surface area contributed by atoms with Gasteiger partial charge in [-0.1, -0.05) is 0 Å². The van der Waals surface area contributed by atoms with Crippen LogP contribution < -0.4 is 0 Å². The largest absolute Gasteiger partial charge is 0.276 e. The Balaban J connectivity index is 2.10. The van der Waals surface area contributed by atoms with Gasteiger partial charge in [0.05, 0.1) is 29.8 Å². The number of nitrogens with one attached hydrogen (secondary N) is 1.